The fourth-order valence-corrected chi connectivity index (χ4v) is 2.00. The minimum absolute atomic E-state index is 0.0258. The molecule has 0 N–H and O–H groups in total. The fourth-order valence-electron chi connectivity index (χ4n) is 1.81. The van der Waals surface area contributed by atoms with Crippen molar-refractivity contribution in [2.45, 2.75) is 33.2 Å². The molecular weight excluding hydrogens is 361 g/mol. The topological polar surface area (TPSA) is 65.7 Å². The molecule has 0 saturated carbocycles. The number of halogens is 2. The first-order valence-corrected chi connectivity index (χ1v) is 8.50. The lowest BCUT2D eigenvalue weighted by Crippen LogP contribution is -2.36. The largest absolute Gasteiger partial charge is 0.484 e. The van der Waals surface area contributed by atoms with Crippen molar-refractivity contribution in [3.05, 3.63) is 45.5 Å². The van der Waals surface area contributed by atoms with E-state index in [4.69, 9.17) is 21.1 Å². The van der Waals surface area contributed by atoms with Gasteiger partial charge in [-0.05, 0) is 33.3 Å². The highest BCUT2D eigenvalue weighted by molar-refractivity contribution is 6.31. The van der Waals surface area contributed by atoms with Crippen LogP contribution in [0.15, 0.2) is 39.9 Å². The molecule has 0 aliphatic rings. The smallest absolute Gasteiger partial charge is 0.289 e. The molecule has 0 radical (unpaired) electrons. The molecule has 26 heavy (non-hydrogen) atoms. The average molecular weight is 386 g/mol. The van der Waals surface area contributed by atoms with Gasteiger partial charge in [0.25, 0.3) is 5.56 Å². The van der Waals surface area contributed by atoms with Gasteiger partial charge < -0.3 is 9.47 Å². The molecule has 1 heterocycles. The summed E-state index contributed by atoms with van der Waals surface area (Å²) in [6.07, 6.45) is 4.69. The number of hydrogen-bond acceptors (Lipinski definition) is 5. The highest BCUT2D eigenvalue weighted by Gasteiger charge is 2.20. The summed E-state index contributed by atoms with van der Waals surface area (Å²) in [5.41, 5.74) is 0.307. The maximum Gasteiger partial charge on any atom is 0.289 e. The second-order valence-electron chi connectivity index (χ2n) is 6.44. The van der Waals surface area contributed by atoms with Gasteiger partial charge in [-0.1, -0.05) is 24.3 Å². The summed E-state index contributed by atoms with van der Waals surface area (Å²) in [6.45, 7) is 10.9. The normalized spacial score (nSPS) is 12.6. The number of aromatic nitrogens is 2. The highest BCUT2D eigenvalue weighted by Crippen LogP contribution is 2.21. The van der Waals surface area contributed by atoms with Crippen molar-refractivity contribution in [2.24, 2.45) is 4.99 Å². The molecule has 8 heteroatoms. The van der Waals surface area contributed by atoms with Crippen LogP contribution in [0.5, 0.6) is 5.75 Å². The molecule has 0 spiro atoms. The average Bonchev–Trinajstić information content (AvgIpc) is 2.57. The van der Waals surface area contributed by atoms with Crippen LogP contribution in [0.25, 0.3) is 0 Å². The quantitative estimate of drug-likeness (QED) is 0.481. The molecule has 0 aromatic carbocycles. The van der Waals surface area contributed by atoms with Gasteiger partial charge in [-0.25, -0.2) is 9.07 Å². The summed E-state index contributed by atoms with van der Waals surface area (Å²) >= 11 is 6.11. The van der Waals surface area contributed by atoms with E-state index in [0.717, 1.165) is 0 Å². The standard InChI is InChI=1S/C18H25ClFN3O3/c1-6-14(21-9-13(2)11-25-8-7-20)12-26-15-10-22-23(18(3,4)5)17(24)16(15)19/h6,9-10H,2,7-8,11-12H2,1,3-5H3/b14-6-,21-9-. The van der Waals surface area contributed by atoms with Crippen LogP contribution < -0.4 is 10.3 Å². The van der Waals surface area contributed by atoms with E-state index >= 15 is 0 Å². The molecule has 0 amide bonds. The summed E-state index contributed by atoms with van der Waals surface area (Å²) in [6, 6.07) is 0. The Morgan fingerprint density at radius 3 is 2.73 bits per heavy atom. The van der Waals surface area contributed by atoms with Gasteiger partial charge in [0.1, 0.15) is 13.3 Å². The molecule has 0 saturated heterocycles. The second-order valence-corrected chi connectivity index (χ2v) is 6.82. The Bertz CT molecular complexity index is 736. The van der Waals surface area contributed by atoms with Crippen molar-refractivity contribution in [3.8, 4) is 5.75 Å². The van der Waals surface area contributed by atoms with Crippen LogP contribution >= 0.6 is 11.6 Å². The number of ether oxygens (including phenoxy) is 2. The molecule has 6 nitrogen and oxygen atoms in total. The Kier molecular flexibility index (Phi) is 8.68. The number of alkyl halides is 1. The Balaban J connectivity index is 2.74. The van der Waals surface area contributed by atoms with Crippen LogP contribution in [0.1, 0.15) is 27.7 Å². The Labute approximate surface area is 158 Å². The lowest BCUT2D eigenvalue weighted by Gasteiger charge is -2.21. The number of allylic oxidation sites excluding steroid dienone is 1. The molecule has 0 fully saturated rings. The fraction of sp³-hybridized carbons (Fsp3) is 0.500. The minimum Gasteiger partial charge on any atom is -0.484 e. The summed E-state index contributed by atoms with van der Waals surface area (Å²) in [4.78, 5) is 16.5. The zero-order chi connectivity index (χ0) is 19.7. The monoisotopic (exact) mass is 385 g/mol. The summed E-state index contributed by atoms with van der Waals surface area (Å²) in [7, 11) is 0. The van der Waals surface area contributed by atoms with E-state index in [1.54, 1.807) is 13.0 Å². The summed E-state index contributed by atoms with van der Waals surface area (Å²) in [5, 5.41) is 4.08. The predicted octanol–water partition coefficient (Wildman–Crippen LogP) is 3.55. The third-order valence-corrected chi connectivity index (χ3v) is 3.50. The van der Waals surface area contributed by atoms with Gasteiger partial charge in [0.2, 0.25) is 0 Å². The van der Waals surface area contributed by atoms with Gasteiger partial charge in [0, 0.05) is 6.21 Å². The third-order valence-electron chi connectivity index (χ3n) is 3.15. The minimum atomic E-state index is -0.541. The predicted molar refractivity (Wildman–Crippen MR) is 102 cm³/mol. The number of nitrogens with zero attached hydrogens (tertiary/aromatic N) is 3. The molecule has 1 rings (SSSR count). The lowest BCUT2D eigenvalue weighted by molar-refractivity contribution is 0.141. The van der Waals surface area contributed by atoms with Crippen molar-refractivity contribution >= 4 is 17.8 Å². The van der Waals surface area contributed by atoms with Crippen LogP contribution in [0.3, 0.4) is 0 Å². The number of aliphatic imine (C=N–C) groups is 1. The van der Waals surface area contributed by atoms with E-state index in [9.17, 15) is 9.18 Å². The van der Waals surface area contributed by atoms with Crippen molar-refractivity contribution in [1.82, 2.24) is 9.78 Å². The lowest BCUT2D eigenvalue weighted by atomic mass is 10.1. The highest BCUT2D eigenvalue weighted by atomic mass is 35.5. The van der Waals surface area contributed by atoms with Gasteiger partial charge in [0.05, 0.1) is 30.6 Å². The molecule has 0 aliphatic heterocycles. The van der Waals surface area contributed by atoms with Gasteiger partial charge in [-0.15, -0.1) is 0 Å². The van der Waals surface area contributed by atoms with Crippen LogP contribution in [0, 0.1) is 0 Å². The Morgan fingerprint density at radius 1 is 1.46 bits per heavy atom. The second kappa shape index (κ2) is 10.2. The van der Waals surface area contributed by atoms with Crippen LogP contribution in [-0.4, -0.2) is 42.5 Å². The maximum absolute atomic E-state index is 12.3. The van der Waals surface area contributed by atoms with Crippen LogP contribution in [0.4, 0.5) is 4.39 Å². The Hall–Kier alpha value is -1.99. The van der Waals surface area contributed by atoms with Gasteiger partial charge in [-0.2, -0.15) is 5.10 Å². The maximum atomic E-state index is 12.3. The zero-order valence-electron chi connectivity index (χ0n) is 15.6. The van der Waals surface area contributed by atoms with Crippen molar-refractivity contribution in [2.75, 3.05) is 26.5 Å². The molecule has 0 aliphatic carbocycles. The Morgan fingerprint density at radius 2 is 2.15 bits per heavy atom. The van der Waals surface area contributed by atoms with E-state index in [1.807, 2.05) is 20.8 Å². The molecule has 1 aromatic heterocycles. The van der Waals surface area contributed by atoms with Gasteiger partial charge in [0.15, 0.2) is 10.8 Å². The van der Waals surface area contributed by atoms with Crippen molar-refractivity contribution < 1.29 is 13.9 Å². The first-order chi connectivity index (χ1) is 12.2. The first kappa shape index (κ1) is 22.1. The van der Waals surface area contributed by atoms with E-state index in [-0.39, 0.29) is 30.6 Å². The van der Waals surface area contributed by atoms with E-state index in [1.165, 1.54) is 17.1 Å². The summed E-state index contributed by atoms with van der Waals surface area (Å²) in [5.74, 6) is 0.192. The molecule has 144 valence electrons. The van der Waals surface area contributed by atoms with E-state index < -0.39 is 17.8 Å². The molecule has 0 bridgehead atoms. The first-order valence-electron chi connectivity index (χ1n) is 8.12. The number of rotatable bonds is 9. The van der Waals surface area contributed by atoms with E-state index in [2.05, 4.69) is 16.7 Å². The SMILES string of the molecule is C=C(/C=N\C(=C/C)COc1cnn(C(C)(C)C)c(=O)c1Cl)COCCF. The third kappa shape index (κ3) is 6.72. The zero-order valence-corrected chi connectivity index (χ0v) is 16.3. The van der Waals surface area contributed by atoms with Crippen LogP contribution in [0.2, 0.25) is 5.02 Å². The van der Waals surface area contributed by atoms with Crippen LogP contribution in [-0.2, 0) is 10.3 Å². The summed E-state index contributed by atoms with van der Waals surface area (Å²) < 4.78 is 23.9. The van der Waals surface area contributed by atoms with Gasteiger partial charge >= 0.3 is 0 Å². The molecule has 0 atom stereocenters. The van der Waals surface area contributed by atoms with Crippen molar-refractivity contribution in [3.63, 3.8) is 0 Å². The molecule has 1 aromatic rings. The number of hydrogen-bond donors (Lipinski definition) is 0. The van der Waals surface area contributed by atoms with Crippen molar-refractivity contribution in [1.29, 1.82) is 0 Å². The molecular formula is C18H25ClFN3O3. The van der Waals surface area contributed by atoms with Gasteiger partial charge in [-0.3, -0.25) is 9.79 Å². The molecule has 0 unspecified atom stereocenters. The van der Waals surface area contributed by atoms with E-state index in [0.29, 0.717) is 11.3 Å².